The number of benzene rings is 2. The molecule has 0 radical (unpaired) electrons. The summed E-state index contributed by atoms with van der Waals surface area (Å²) in [6.45, 7) is -0.293. The van der Waals surface area contributed by atoms with Gasteiger partial charge in [-0.1, -0.05) is 35.0 Å². The molecule has 0 fully saturated rings. The summed E-state index contributed by atoms with van der Waals surface area (Å²) in [6.07, 6.45) is -7.95. The van der Waals surface area contributed by atoms with Gasteiger partial charge in [-0.3, -0.25) is 9.36 Å². The molecule has 1 unspecified atom stereocenters. The number of hydrogen-bond acceptors (Lipinski definition) is 7. The van der Waals surface area contributed by atoms with Gasteiger partial charge in [-0.25, -0.2) is 13.9 Å². The van der Waals surface area contributed by atoms with Crippen LogP contribution in [0.4, 0.5) is 17.6 Å². The van der Waals surface area contributed by atoms with Gasteiger partial charge in [0.25, 0.3) is 0 Å². The smallest absolute Gasteiger partial charge is 0.382 e. The lowest BCUT2D eigenvalue weighted by atomic mass is 10.0. The lowest BCUT2D eigenvalue weighted by molar-refractivity contribution is -0.207. The number of aliphatic hydroxyl groups excluding tert-OH is 1. The number of nitrogens with zero attached hydrogens (tertiary/aromatic N) is 5. The number of amides is 1. The molecule has 15 heteroatoms. The first-order chi connectivity index (χ1) is 18.4. The van der Waals surface area contributed by atoms with Crippen molar-refractivity contribution in [1.29, 1.82) is 0 Å². The van der Waals surface area contributed by atoms with Crippen LogP contribution in [0.3, 0.4) is 0 Å². The Bertz CT molecular complexity index is 1520. The van der Waals surface area contributed by atoms with E-state index in [4.69, 9.17) is 16.1 Å². The highest BCUT2D eigenvalue weighted by atomic mass is 35.5. The van der Waals surface area contributed by atoms with Gasteiger partial charge in [0.15, 0.2) is 17.8 Å². The van der Waals surface area contributed by atoms with E-state index in [-0.39, 0.29) is 29.3 Å². The van der Waals surface area contributed by atoms with Crippen molar-refractivity contribution in [2.24, 2.45) is 0 Å². The number of carbonyl (C=O) groups excluding carboxylic acids is 1. The summed E-state index contributed by atoms with van der Waals surface area (Å²) in [5.41, 5.74) is -0.746. The van der Waals surface area contributed by atoms with Crippen LogP contribution in [-0.4, -0.2) is 47.8 Å². The quantitative estimate of drug-likeness (QED) is 0.297. The maximum absolute atomic E-state index is 14.6. The molecule has 39 heavy (non-hydrogen) atoms. The van der Waals surface area contributed by atoms with Crippen molar-refractivity contribution in [2.45, 2.75) is 44.8 Å². The zero-order valence-corrected chi connectivity index (χ0v) is 20.9. The molecule has 2 aromatic heterocycles. The van der Waals surface area contributed by atoms with E-state index in [1.54, 1.807) is 13.0 Å². The molecule has 206 valence electrons. The molecular formula is C24H21ClF4N6O4. The first-order valence-electron chi connectivity index (χ1n) is 11.4. The molecule has 0 bridgehead atoms. The van der Waals surface area contributed by atoms with Crippen LogP contribution in [0.2, 0.25) is 5.02 Å². The van der Waals surface area contributed by atoms with Crippen LogP contribution in [-0.2, 0) is 24.3 Å². The van der Waals surface area contributed by atoms with Crippen molar-refractivity contribution >= 4 is 17.5 Å². The lowest BCUT2D eigenvalue weighted by Gasteiger charge is -2.18. The number of aliphatic hydroxyl groups is 1. The number of aryl methyl sites for hydroxylation is 1. The van der Waals surface area contributed by atoms with Crippen molar-refractivity contribution in [2.75, 3.05) is 0 Å². The number of alkyl halides is 3. The summed E-state index contributed by atoms with van der Waals surface area (Å²) in [5, 5.41) is 20.2. The van der Waals surface area contributed by atoms with Crippen LogP contribution < -0.4 is 11.0 Å². The second kappa shape index (κ2) is 11.4. The number of carbonyl (C=O) groups is 1. The van der Waals surface area contributed by atoms with Gasteiger partial charge in [0.2, 0.25) is 11.8 Å². The fraction of sp³-hybridized carbons (Fsp3) is 0.292. The maximum Gasteiger partial charge on any atom is 0.416 e. The summed E-state index contributed by atoms with van der Waals surface area (Å²) in [6, 6.07) is 10.4. The minimum atomic E-state index is -5.00. The summed E-state index contributed by atoms with van der Waals surface area (Å²) in [5.74, 6) is -1.19. The summed E-state index contributed by atoms with van der Waals surface area (Å²) < 4.78 is 60.1. The highest BCUT2D eigenvalue weighted by Crippen LogP contribution is 2.24. The highest BCUT2D eigenvalue weighted by Gasteiger charge is 2.39. The molecule has 2 N–H and O–H groups in total. The molecule has 0 saturated heterocycles. The predicted molar refractivity (Wildman–Crippen MR) is 129 cm³/mol. The average Bonchev–Trinajstić information content (AvgIpc) is 3.41. The van der Waals surface area contributed by atoms with Crippen LogP contribution in [0.1, 0.15) is 23.3 Å². The second-order valence-electron chi connectivity index (χ2n) is 8.52. The van der Waals surface area contributed by atoms with E-state index >= 15 is 0 Å². The van der Waals surface area contributed by atoms with Gasteiger partial charge in [-0.05, 0) is 37.3 Å². The van der Waals surface area contributed by atoms with Gasteiger partial charge in [0, 0.05) is 16.1 Å². The Kier molecular flexibility index (Phi) is 8.16. The number of hydrogen-bond donors (Lipinski definition) is 2. The van der Waals surface area contributed by atoms with Crippen molar-refractivity contribution in [3.8, 4) is 11.4 Å². The Labute approximate surface area is 222 Å². The molecule has 10 nitrogen and oxygen atoms in total. The van der Waals surface area contributed by atoms with Gasteiger partial charge < -0.3 is 14.9 Å². The van der Waals surface area contributed by atoms with Gasteiger partial charge in [0.05, 0.1) is 19.0 Å². The standard InChI is InChI=1S/C24H21ClF4N6O4/c1-13-30-21(39-33-13)10-18(16-4-2-3-5-17(16)26)31-20(37)12-35-23(38)34(11-19(36)24(27,28)29)22(32-35)14-6-8-15(25)9-7-14/h2-9,18-19,36H,10-12H2,1H3,(H,31,37)/t18?,19-/m0/s1. The van der Waals surface area contributed by atoms with Crippen molar-refractivity contribution in [3.63, 3.8) is 0 Å². The monoisotopic (exact) mass is 568 g/mol. The molecule has 0 aliphatic rings. The molecule has 2 aromatic carbocycles. The molecule has 4 aromatic rings. The normalized spacial score (nSPS) is 13.3. The highest BCUT2D eigenvalue weighted by molar-refractivity contribution is 6.30. The SMILES string of the molecule is Cc1noc(CC(NC(=O)Cn2nc(-c3ccc(Cl)cc3)n(C[C@H](O)C(F)(F)F)c2=O)c2ccccc2F)n1. The topological polar surface area (TPSA) is 128 Å². The molecule has 2 heterocycles. The average molecular weight is 569 g/mol. The largest absolute Gasteiger partial charge is 0.416 e. The summed E-state index contributed by atoms with van der Waals surface area (Å²) in [4.78, 5) is 30.1. The fourth-order valence-electron chi connectivity index (χ4n) is 3.77. The van der Waals surface area contributed by atoms with Crippen LogP contribution in [0.5, 0.6) is 0 Å². The third-order valence-corrected chi connectivity index (χ3v) is 5.87. The van der Waals surface area contributed by atoms with Crippen molar-refractivity contribution < 1.29 is 32.0 Å². The Morgan fingerprint density at radius 2 is 1.87 bits per heavy atom. The molecule has 0 saturated carbocycles. The van der Waals surface area contributed by atoms with Crippen LogP contribution in [0.25, 0.3) is 11.4 Å². The Balaban J connectivity index is 1.64. The molecule has 0 aliphatic carbocycles. The minimum absolute atomic E-state index is 0.0787. The molecule has 1 amide bonds. The second-order valence-corrected chi connectivity index (χ2v) is 8.96. The molecule has 2 atom stereocenters. The number of aromatic nitrogens is 5. The van der Waals surface area contributed by atoms with E-state index in [1.807, 2.05) is 0 Å². The molecular weight excluding hydrogens is 548 g/mol. The zero-order valence-electron chi connectivity index (χ0n) is 20.2. The molecule has 0 aliphatic heterocycles. The number of nitrogens with one attached hydrogen (secondary N) is 1. The summed E-state index contributed by atoms with van der Waals surface area (Å²) in [7, 11) is 0. The van der Waals surface area contributed by atoms with Crippen molar-refractivity contribution in [3.05, 3.63) is 87.1 Å². The van der Waals surface area contributed by atoms with E-state index in [1.165, 1.54) is 42.5 Å². The Hall–Kier alpha value is -4.04. The first-order valence-corrected chi connectivity index (χ1v) is 11.8. The van der Waals surface area contributed by atoms with Crippen LogP contribution in [0.15, 0.2) is 57.8 Å². The Morgan fingerprint density at radius 3 is 2.49 bits per heavy atom. The maximum atomic E-state index is 14.6. The summed E-state index contributed by atoms with van der Waals surface area (Å²) >= 11 is 5.88. The third kappa shape index (κ3) is 6.70. The molecule has 4 rings (SSSR count). The lowest BCUT2D eigenvalue weighted by Crippen LogP contribution is -2.39. The van der Waals surface area contributed by atoms with E-state index in [2.05, 4.69) is 20.6 Å². The van der Waals surface area contributed by atoms with Gasteiger partial charge >= 0.3 is 11.9 Å². The first kappa shape index (κ1) is 28.0. The van der Waals surface area contributed by atoms with Gasteiger partial charge in [-0.2, -0.15) is 18.2 Å². The Morgan fingerprint density at radius 1 is 1.18 bits per heavy atom. The van der Waals surface area contributed by atoms with E-state index < -0.39 is 48.8 Å². The van der Waals surface area contributed by atoms with E-state index in [0.717, 1.165) is 0 Å². The van der Waals surface area contributed by atoms with Gasteiger partial charge in [-0.15, -0.1) is 5.10 Å². The number of halogens is 5. The minimum Gasteiger partial charge on any atom is -0.382 e. The third-order valence-electron chi connectivity index (χ3n) is 5.62. The number of rotatable bonds is 9. The van der Waals surface area contributed by atoms with E-state index in [0.29, 0.717) is 20.1 Å². The fourth-order valence-corrected chi connectivity index (χ4v) is 3.89. The van der Waals surface area contributed by atoms with Crippen LogP contribution >= 0.6 is 11.6 Å². The zero-order chi connectivity index (χ0) is 28.3. The van der Waals surface area contributed by atoms with Crippen LogP contribution in [0, 0.1) is 12.7 Å². The molecule has 0 spiro atoms. The van der Waals surface area contributed by atoms with Crippen molar-refractivity contribution in [1.82, 2.24) is 29.8 Å². The predicted octanol–water partition coefficient (Wildman–Crippen LogP) is 3.22. The van der Waals surface area contributed by atoms with E-state index in [9.17, 15) is 32.3 Å². The van der Waals surface area contributed by atoms with Gasteiger partial charge in [0.1, 0.15) is 12.4 Å².